The van der Waals surface area contributed by atoms with Crippen molar-refractivity contribution in [1.29, 1.82) is 10.5 Å². The number of benzene rings is 2. The quantitative estimate of drug-likeness (QED) is 0.615. The van der Waals surface area contributed by atoms with Crippen LogP contribution in [0, 0.1) is 22.7 Å². The highest BCUT2D eigenvalue weighted by molar-refractivity contribution is 7.07. The first-order valence-corrected chi connectivity index (χ1v) is 10.0. The fourth-order valence-electron chi connectivity index (χ4n) is 2.90. The lowest BCUT2D eigenvalue weighted by atomic mass is 10.2. The predicted molar refractivity (Wildman–Crippen MR) is 115 cm³/mol. The summed E-state index contributed by atoms with van der Waals surface area (Å²) in [6, 6.07) is 18.9. The molecule has 0 aliphatic carbocycles. The number of ether oxygens (including phenoxy) is 2. The minimum Gasteiger partial charge on any atom is -0.493 e. The van der Waals surface area contributed by atoms with Crippen molar-refractivity contribution < 1.29 is 9.47 Å². The van der Waals surface area contributed by atoms with Gasteiger partial charge in [-0.25, -0.2) is 0 Å². The van der Waals surface area contributed by atoms with Crippen LogP contribution in [-0.2, 0) is 13.2 Å². The topological polar surface area (TPSA) is 88.0 Å². The largest absolute Gasteiger partial charge is 0.493 e. The van der Waals surface area contributed by atoms with E-state index in [9.17, 15) is 15.3 Å². The molecule has 1 heterocycles. The maximum absolute atomic E-state index is 12.7. The van der Waals surface area contributed by atoms with Crippen LogP contribution in [0.15, 0.2) is 53.3 Å². The Morgan fingerprint density at radius 2 is 1.87 bits per heavy atom. The molecule has 0 fully saturated rings. The van der Waals surface area contributed by atoms with Crippen molar-refractivity contribution in [3.05, 3.63) is 79.2 Å². The summed E-state index contributed by atoms with van der Waals surface area (Å²) in [4.78, 5) is 12.7. The number of hydrogen-bond acceptors (Lipinski definition) is 6. The third-order valence-corrected chi connectivity index (χ3v) is 5.51. The van der Waals surface area contributed by atoms with Crippen LogP contribution in [0.3, 0.4) is 0 Å². The van der Waals surface area contributed by atoms with Crippen LogP contribution in [0.4, 0.5) is 0 Å². The average Bonchev–Trinajstić information content (AvgIpc) is 3.09. The SMILES string of the molecule is CCn1c(=C(C#N)C#N)s/c(=C/c2ccc(OC)c(OCc3ccccc3)c2)c1=O. The molecule has 0 unspecified atom stereocenters. The molecule has 0 N–H and O–H groups in total. The van der Waals surface area contributed by atoms with E-state index in [1.54, 1.807) is 32.2 Å². The fourth-order valence-corrected chi connectivity index (χ4v) is 4.01. The summed E-state index contributed by atoms with van der Waals surface area (Å²) in [7, 11) is 1.57. The molecular formula is C23H19N3O3S. The molecular weight excluding hydrogens is 398 g/mol. The summed E-state index contributed by atoms with van der Waals surface area (Å²) in [6.07, 6.45) is 1.73. The van der Waals surface area contributed by atoms with Gasteiger partial charge in [0.2, 0.25) is 0 Å². The van der Waals surface area contributed by atoms with Gasteiger partial charge in [-0.3, -0.25) is 9.36 Å². The maximum Gasteiger partial charge on any atom is 0.269 e. The highest BCUT2D eigenvalue weighted by atomic mass is 32.1. The molecule has 0 spiro atoms. The van der Waals surface area contributed by atoms with E-state index in [1.165, 1.54) is 4.57 Å². The van der Waals surface area contributed by atoms with Gasteiger partial charge in [0.1, 0.15) is 23.4 Å². The van der Waals surface area contributed by atoms with Crippen molar-refractivity contribution in [3.8, 4) is 23.6 Å². The van der Waals surface area contributed by atoms with E-state index in [0.717, 1.165) is 22.5 Å². The highest BCUT2D eigenvalue weighted by Crippen LogP contribution is 2.29. The standard InChI is InChI=1S/C23H19N3O3S/c1-3-26-22(27)21(30-23(26)18(13-24)14-25)12-17-9-10-19(28-2)20(11-17)29-15-16-7-5-4-6-8-16/h4-12H,3,15H2,1-2H3/b21-12+. The van der Waals surface area contributed by atoms with Crippen molar-refractivity contribution in [2.75, 3.05) is 7.11 Å². The van der Waals surface area contributed by atoms with E-state index < -0.39 is 0 Å². The molecule has 3 aromatic rings. The second kappa shape index (κ2) is 9.60. The Morgan fingerprint density at radius 3 is 2.50 bits per heavy atom. The van der Waals surface area contributed by atoms with E-state index in [2.05, 4.69) is 0 Å². The number of aromatic nitrogens is 1. The van der Waals surface area contributed by atoms with Gasteiger partial charge >= 0.3 is 0 Å². The maximum atomic E-state index is 12.7. The van der Waals surface area contributed by atoms with Gasteiger partial charge in [0.15, 0.2) is 17.1 Å². The summed E-state index contributed by atoms with van der Waals surface area (Å²) in [5, 5.41) is 18.4. The Kier molecular flexibility index (Phi) is 6.69. The third kappa shape index (κ3) is 4.43. The summed E-state index contributed by atoms with van der Waals surface area (Å²) in [5.74, 6) is 1.15. The van der Waals surface area contributed by atoms with Gasteiger partial charge in [0, 0.05) is 6.54 Å². The molecule has 150 valence electrons. The van der Waals surface area contributed by atoms with E-state index in [-0.39, 0.29) is 11.1 Å². The second-order valence-corrected chi connectivity index (χ2v) is 7.28. The van der Waals surface area contributed by atoms with Crippen LogP contribution < -0.4 is 24.2 Å². The minimum absolute atomic E-state index is 0.0692. The molecule has 0 bridgehead atoms. The van der Waals surface area contributed by atoms with Crippen molar-refractivity contribution in [3.63, 3.8) is 0 Å². The Hall–Kier alpha value is -3.81. The summed E-state index contributed by atoms with van der Waals surface area (Å²) < 4.78 is 13.6. The van der Waals surface area contributed by atoms with E-state index in [0.29, 0.717) is 33.8 Å². The molecule has 0 aliphatic rings. The van der Waals surface area contributed by atoms with Gasteiger partial charge in [0.05, 0.1) is 11.6 Å². The highest BCUT2D eigenvalue weighted by Gasteiger charge is 2.09. The zero-order valence-electron chi connectivity index (χ0n) is 16.6. The van der Waals surface area contributed by atoms with Crippen molar-refractivity contribution in [2.24, 2.45) is 0 Å². The number of nitriles is 2. The second-order valence-electron chi connectivity index (χ2n) is 6.25. The molecule has 1 aromatic heterocycles. The van der Waals surface area contributed by atoms with Gasteiger partial charge in [0.25, 0.3) is 5.56 Å². The lowest BCUT2D eigenvalue weighted by Crippen LogP contribution is -2.31. The average molecular weight is 417 g/mol. The van der Waals surface area contributed by atoms with Crippen LogP contribution in [-0.4, -0.2) is 11.7 Å². The van der Waals surface area contributed by atoms with E-state index in [4.69, 9.17) is 9.47 Å². The Labute approximate surface area is 177 Å². The molecule has 0 aliphatic heterocycles. The third-order valence-electron chi connectivity index (χ3n) is 4.38. The smallest absolute Gasteiger partial charge is 0.269 e. The fraction of sp³-hybridized carbons (Fsp3) is 0.174. The lowest BCUT2D eigenvalue weighted by Gasteiger charge is -2.11. The zero-order valence-corrected chi connectivity index (χ0v) is 17.4. The van der Waals surface area contributed by atoms with Crippen LogP contribution in [0.25, 0.3) is 11.6 Å². The van der Waals surface area contributed by atoms with Crippen molar-refractivity contribution in [2.45, 2.75) is 20.1 Å². The molecule has 0 amide bonds. The molecule has 3 rings (SSSR count). The Bertz CT molecular complexity index is 1290. The van der Waals surface area contributed by atoms with Crippen LogP contribution in [0.5, 0.6) is 11.5 Å². The van der Waals surface area contributed by atoms with Crippen LogP contribution in [0.1, 0.15) is 18.1 Å². The number of nitrogens with zero attached hydrogens (tertiary/aromatic N) is 3. The molecule has 2 aromatic carbocycles. The minimum atomic E-state index is -0.233. The van der Waals surface area contributed by atoms with Crippen molar-refractivity contribution in [1.82, 2.24) is 4.57 Å². The van der Waals surface area contributed by atoms with Gasteiger partial charge < -0.3 is 9.47 Å². The molecule has 0 atom stereocenters. The molecule has 0 saturated heterocycles. The molecule has 30 heavy (non-hydrogen) atoms. The number of thiazole rings is 1. The first kappa shape index (κ1) is 20.9. The predicted octanol–water partition coefficient (Wildman–Crippen LogP) is 2.54. The van der Waals surface area contributed by atoms with Crippen LogP contribution >= 0.6 is 11.3 Å². The monoisotopic (exact) mass is 417 g/mol. The zero-order chi connectivity index (χ0) is 21.5. The van der Waals surface area contributed by atoms with Crippen molar-refractivity contribution >= 4 is 23.0 Å². The van der Waals surface area contributed by atoms with E-state index >= 15 is 0 Å². The van der Waals surface area contributed by atoms with Crippen LogP contribution in [0.2, 0.25) is 0 Å². The molecule has 7 heteroatoms. The molecule has 0 saturated carbocycles. The first-order valence-electron chi connectivity index (χ1n) is 9.21. The van der Waals surface area contributed by atoms with Gasteiger partial charge in [-0.2, -0.15) is 10.5 Å². The van der Waals surface area contributed by atoms with E-state index in [1.807, 2.05) is 48.5 Å². The molecule has 6 nitrogen and oxygen atoms in total. The van der Waals surface area contributed by atoms with Gasteiger partial charge in [-0.15, -0.1) is 11.3 Å². The Morgan fingerprint density at radius 1 is 1.13 bits per heavy atom. The first-order chi connectivity index (χ1) is 14.6. The normalized spacial score (nSPS) is 10.9. The summed E-state index contributed by atoms with van der Waals surface area (Å²) >= 11 is 1.13. The number of methoxy groups -OCH3 is 1. The lowest BCUT2D eigenvalue weighted by molar-refractivity contribution is 0.284. The summed E-state index contributed by atoms with van der Waals surface area (Å²) in [6.45, 7) is 2.56. The van der Waals surface area contributed by atoms with Gasteiger partial charge in [-0.1, -0.05) is 36.4 Å². The summed E-state index contributed by atoms with van der Waals surface area (Å²) in [5.41, 5.74) is 1.48. The number of hydrogen-bond donors (Lipinski definition) is 0. The Balaban J connectivity index is 2.05. The van der Waals surface area contributed by atoms with Gasteiger partial charge in [-0.05, 0) is 36.3 Å². The molecule has 0 radical (unpaired) electrons. The number of rotatable bonds is 6.